The summed E-state index contributed by atoms with van der Waals surface area (Å²) in [5, 5.41) is 9.47. The summed E-state index contributed by atoms with van der Waals surface area (Å²) in [5.74, 6) is -0.449. The summed E-state index contributed by atoms with van der Waals surface area (Å²) < 4.78 is 22.6. The largest absolute Gasteiger partial charge is 0.396 e. The second kappa shape index (κ2) is 6.99. The molecule has 0 unspecified atom stereocenters. The van der Waals surface area contributed by atoms with Gasteiger partial charge in [0.05, 0.1) is 11.8 Å². The highest BCUT2D eigenvalue weighted by molar-refractivity contribution is 14.1. The number of benzene rings is 1. The lowest BCUT2D eigenvalue weighted by Gasteiger charge is -2.31. The Morgan fingerprint density at radius 1 is 1.50 bits per heavy atom. The summed E-state index contributed by atoms with van der Waals surface area (Å²) in [6.45, 7) is 9.31. The molecule has 26 heavy (non-hydrogen) atoms. The van der Waals surface area contributed by atoms with Crippen LogP contribution in [0.5, 0.6) is 0 Å². The van der Waals surface area contributed by atoms with Crippen molar-refractivity contribution in [1.82, 2.24) is 0 Å². The average Bonchev–Trinajstić information content (AvgIpc) is 2.96. The van der Waals surface area contributed by atoms with Crippen LogP contribution in [0.2, 0.25) is 18.6 Å². The van der Waals surface area contributed by atoms with Gasteiger partial charge in [0, 0.05) is 33.7 Å². The highest BCUT2D eigenvalue weighted by Crippen LogP contribution is 2.60. The molecule has 3 rings (SSSR count). The van der Waals surface area contributed by atoms with Gasteiger partial charge in [-0.1, -0.05) is 13.0 Å². The number of halogens is 2. The van der Waals surface area contributed by atoms with Crippen LogP contribution in [0.1, 0.15) is 18.9 Å². The predicted molar refractivity (Wildman–Crippen MR) is 111 cm³/mol. The molecule has 0 saturated carbocycles. The standard InChI is InChI=1S/C19H25FINO3Si/c1-5-9-22-15-7-6-13(21)11-14(15)19(18(22)24)12(2)17(26(3,4)20)16(25-19)8-10-23/h5-7,11-12,16-17,23H,1,8-10H2,2-4H3/t12-,16+,17-,19+/m1/s1. The fourth-order valence-electron chi connectivity index (χ4n) is 4.73. The molecular formula is C19H25FINO3Si. The summed E-state index contributed by atoms with van der Waals surface area (Å²) >= 11 is 2.22. The molecule has 4 nitrogen and oxygen atoms in total. The van der Waals surface area contributed by atoms with Crippen LogP contribution < -0.4 is 4.90 Å². The van der Waals surface area contributed by atoms with Crippen molar-refractivity contribution in [2.24, 2.45) is 5.92 Å². The van der Waals surface area contributed by atoms with Crippen LogP contribution in [0.25, 0.3) is 0 Å². The van der Waals surface area contributed by atoms with Gasteiger partial charge in [0.15, 0.2) is 5.60 Å². The number of hydrogen-bond donors (Lipinski definition) is 1. The second-order valence-corrected chi connectivity index (χ2v) is 12.7. The SMILES string of the molecule is C=CCN1C(=O)[C@@]2(O[C@@H](CCO)[C@H]([Si](C)(C)F)[C@H]2C)c2cc(I)ccc21. The van der Waals surface area contributed by atoms with E-state index in [1.54, 1.807) is 24.1 Å². The van der Waals surface area contributed by atoms with E-state index in [-0.39, 0.29) is 24.0 Å². The van der Waals surface area contributed by atoms with E-state index in [2.05, 4.69) is 29.2 Å². The summed E-state index contributed by atoms with van der Waals surface area (Å²) in [6.07, 6.45) is 1.57. The first kappa shape index (κ1) is 20.0. The molecule has 142 valence electrons. The number of rotatable bonds is 5. The van der Waals surface area contributed by atoms with Crippen LogP contribution in [0.4, 0.5) is 9.80 Å². The number of aliphatic hydroxyl groups is 1. The molecule has 2 heterocycles. The maximum Gasteiger partial charge on any atom is 0.264 e. The molecule has 1 saturated heterocycles. The Hall–Kier alpha value is -0.773. The van der Waals surface area contributed by atoms with Gasteiger partial charge in [-0.2, -0.15) is 0 Å². The maximum absolute atomic E-state index is 15.2. The van der Waals surface area contributed by atoms with Gasteiger partial charge in [-0.3, -0.25) is 4.79 Å². The Morgan fingerprint density at radius 2 is 2.19 bits per heavy atom. The third-order valence-electron chi connectivity index (χ3n) is 5.65. The number of amides is 1. The first-order chi connectivity index (χ1) is 12.2. The van der Waals surface area contributed by atoms with Crippen molar-refractivity contribution in [3.8, 4) is 0 Å². The normalized spacial score (nSPS) is 30.9. The van der Waals surface area contributed by atoms with Crippen LogP contribution in [0, 0.1) is 9.49 Å². The highest BCUT2D eigenvalue weighted by atomic mass is 127. The minimum absolute atomic E-state index is 0.0851. The van der Waals surface area contributed by atoms with E-state index in [4.69, 9.17) is 4.74 Å². The van der Waals surface area contributed by atoms with E-state index in [0.717, 1.165) is 14.8 Å². The molecule has 0 radical (unpaired) electrons. The molecule has 0 aromatic heterocycles. The maximum atomic E-state index is 15.2. The second-order valence-electron chi connectivity index (χ2n) is 7.65. The Balaban J connectivity index is 2.18. The zero-order chi connectivity index (χ0) is 19.3. The van der Waals surface area contributed by atoms with Gasteiger partial charge in [0.1, 0.15) is 0 Å². The first-order valence-corrected chi connectivity index (χ1v) is 12.9. The van der Waals surface area contributed by atoms with Crippen LogP contribution >= 0.6 is 22.6 Å². The number of hydrogen-bond acceptors (Lipinski definition) is 3. The van der Waals surface area contributed by atoms with Gasteiger partial charge in [-0.25, -0.2) is 0 Å². The first-order valence-electron chi connectivity index (χ1n) is 8.89. The van der Waals surface area contributed by atoms with Crippen LogP contribution in [0.15, 0.2) is 30.9 Å². The highest BCUT2D eigenvalue weighted by Gasteiger charge is 2.66. The van der Waals surface area contributed by atoms with Crippen molar-refractivity contribution in [1.29, 1.82) is 0 Å². The van der Waals surface area contributed by atoms with Crippen molar-refractivity contribution in [3.05, 3.63) is 40.0 Å². The van der Waals surface area contributed by atoms with Crippen molar-refractivity contribution in [2.45, 2.75) is 43.7 Å². The molecule has 4 atom stereocenters. The molecule has 0 bridgehead atoms. The third kappa shape index (κ3) is 2.87. The predicted octanol–water partition coefficient (Wildman–Crippen LogP) is 3.98. The smallest absolute Gasteiger partial charge is 0.264 e. The molecule has 7 heteroatoms. The number of nitrogens with zero attached hydrogens (tertiary/aromatic N) is 1. The van der Waals surface area contributed by atoms with Gasteiger partial charge in [-0.05, 0) is 60.3 Å². The minimum atomic E-state index is -3.11. The third-order valence-corrected chi connectivity index (χ3v) is 8.78. The molecule has 1 fully saturated rings. The van der Waals surface area contributed by atoms with E-state index in [9.17, 15) is 9.90 Å². The van der Waals surface area contributed by atoms with Crippen LogP contribution in [-0.4, -0.2) is 38.7 Å². The van der Waals surface area contributed by atoms with E-state index in [1.165, 1.54) is 0 Å². The lowest BCUT2D eigenvalue weighted by Crippen LogP contribution is -2.45. The Morgan fingerprint density at radius 3 is 2.77 bits per heavy atom. The summed E-state index contributed by atoms with van der Waals surface area (Å²) in [5.41, 5.74) is 0.0877. The topological polar surface area (TPSA) is 49.8 Å². The summed E-state index contributed by atoms with van der Waals surface area (Å²) in [6, 6.07) is 5.85. The van der Waals surface area contributed by atoms with Crippen molar-refractivity contribution in [2.75, 3.05) is 18.1 Å². The quantitative estimate of drug-likeness (QED) is 0.295. The number of aliphatic hydroxyl groups excluding tert-OH is 1. The summed E-state index contributed by atoms with van der Waals surface area (Å²) in [4.78, 5) is 15.2. The molecule has 2 aliphatic rings. The molecule has 1 aromatic carbocycles. The molecule has 1 spiro atoms. The fourth-order valence-corrected chi connectivity index (χ4v) is 7.76. The van der Waals surface area contributed by atoms with E-state index < -0.39 is 20.1 Å². The number of carbonyl (C=O) groups excluding carboxylic acids is 1. The van der Waals surface area contributed by atoms with Gasteiger partial charge >= 0.3 is 0 Å². The van der Waals surface area contributed by atoms with Gasteiger partial charge in [-0.15, -0.1) is 6.58 Å². The summed E-state index contributed by atoms with van der Waals surface area (Å²) in [7, 11) is -3.11. The molecule has 1 N–H and O–H groups in total. The lowest BCUT2D eigenvalue weighted by molar-refractivity contribution is -0.146. The number of anilines is 1. The zero-order valence-corrected chi connectivity index (χ0v) is 18.5. The Kier molecular flexibility index (Phi) is 5.37. The van der Waals surface area contributed by atoms with E-state index in [1.807, 2.05) is 25.1 Å². The van der Waals surface area contributed by atoms with E-state index in [0.29, 0.717) is 13.0 Å². The Labute approximate surface area is 168 Å². The monoisotopic (exact) mass is 489 g/mol. The molecule has 1 aromatic rings. The van der Waals surface area contributed by atoms with Gasteiger partial charge < -0.3 is 18.9 Å². The van der Waals surface area contributed by atoms with Crippen LogP contribution in [0.3, 0.4) is 0 Å². The van der Waals surface area contributed by atoms with Crippen molar-refractivity contribution in [3.63, 3.8) is 0 Å². The Bertz CT molecular complexity index is 738. The zero-order valence-electron chi connectivity index (χ0n) is 15.3. The minimum Gasteiger partial charge on any atom is -0.396 e. The van der Waals surface area contributed by atoms with Crippen LogP contribution in [-0.2, 0) is 15.1 Å². The number of ether oxygens (including phenoxy) is 1. The lowest BCUT2D eigenvalue weighted by atomic mass is 9.82. The van der Waals surface area contributed by atoms with Gasteiger partial charge in [0.25, 0.3) is 5.91 Å². The molecule has 1 amide bonds. The van der Waals surface area contributed by atoms with Gasteiger partial charge in [0.2, 0.25) is 8.41 Å². The molecule has 2 aliphatic heterocycles. The average molecular weight is 489 g/mol. The van der Waals surface area contributed by atoms with Crippen molar-refractivity contribution < 1.29 is 18.7 Å². The number of carbonyl (C=O) groups is 1. The molecular weight excluding hydrogens is 464 g/mol. The van der Waals surface area contributed by atoms with E-state index >= 15 is 4.11 Å². The molecule has 0 aliphatic carbocycles. The fraction of sp³-hybridized carbons (Fsp3) is 0.526. The number of fused-ring (bicyclic) bond motifs is 2. The van der Waals surface area contributed by atoms with Crippen molar-refractivity contribution >= 4 is 42.6 Å².